The lowest BCUT2D eigenvalue weighted by Crippen LogP contribution is -2.28. The minimum atomic E-state index is 0.159. The van der Waals surface area contributed by atoms with Crippen LogP contribution >= 0.6 is 0 Å². The van der Waals surface area contributed by atoms with E-state index >= 15 is 0 Å². The van der Waals surface area contributed by atoms with Crippen LogP contribution in [0.4, 0.5) is 0 Å². The summed E-state index contributed by atoms with van der Waals surface area (Å²) in [6, 6.07) is 6.08. The normalized spacial score (nSPS) is 17.9. The zero-order valence-electron chi connectivity index (χ0n) is 10.2. The summed E-state index contributed by atoms with van der Waals surface area (Å²) < 4.78 is 0. The van der Waals surface area contributed by atoms with Crippen LogP contribution in [0.2, 0.25) is 0 Å². The number of nitrogens with one attached hydrogen (secondary N) is 1. The number of carbonyl (C=O) groups excluding carboxylic acids is 1. The molecule has 1 aliphatic carbocycles. The largest absolute Gasteiger partial charge is 0.341 e. The number of carbonyl (C=O) groups is 1. The highest BCUT2D eigenvalue weighted by Crippen LogP contribution is 2.29. The number of nitrogens with zero attached hydrogens (tertiary/aromatic N) is 1. The van der Waals surface area contributed by atoms with E-state index in [0.29, 0.717) is 0 Å². The van der Waals surface area contributed by atoms with Crippen molar-refractivity contribution in [1.82, 2.24) is 10.2 Å². The van der Waals surface area contributed by atoms with E-state index in [0.717, 1.165) is 31.1 Å². The van der Waals surface area contributed by atoms with Crippen molar-refractivity contribution in [2.24, 2.45) is 5.92 Å². The molecule has 17 heavy (non-hydrogen) atoms. The van der Waals surface area contributed by atoms with Crippen molar-refractivity contribution in [3.63, 3.8) is 0 Å². The average Bonchev–Trinajstić information content (AvgIpc) is 3.02. The van der Waals surface area contributed by atoms with E-state index in [1.165, 1.54) is 24.0 Å². The first-order chi connectivity index (χ1) is 8.24. The van der Waals surface area contributed by atoms with Gasteiger partial charge in [0.05, 0.1) is 0 Å². The van der Waals surface area contributed by atoms with Crippen LogP contribution in [-0.2, 0) is 13.1 Å². The Morgan fingerprint density at radius 3 is 2.88 bits per heavy atom. The van der Waals surface area contributed by atoms with Gasteiger partial charge < -0.3 is 10.2 Å². The highest BCUT2D eigenvalue weighted by atomic mass is 16.2. The molecule has 2 aliphatic rings. The second-order valence-corrected chi connectivity index (χ2v) is 5.22. The van der Waals surface area contributed by atoms with Gasteiger partial charge in [-0.3, -0.25) is 4.79 Å². The monoisotopic (exact) mass is 230 g/mol. The van der Waals surface area contributed by atoms with E-state index < -0.39 is 0 Å². The number of fused-ring (bicyclic) bond motifs is 1. The zero-order valence-corrected chi connectivity index (χ0v) is 10.2. The fourth-order valence-electron chi connectivity index (χ4n) is 2.42. The van der Waals surface area contributed by atoms with Gasteiger partial charge in [-0.1, -0.05) is 6.07 Å². The highest BCUT2D eigenvalue weighted by Gasteiger charge is 2.25. The summed E-state index contributed by atoms with van der Waals surface area (Å²) in [5.74, 6) is 0.909. The highest BCUT2D eigenvalue weighted by molar-refractivity contribution is 5.94. The second-order valence-electron chi connectivity index (χ2n) is 5.22. The molecule has 0 atom stereocenters. The van der Waals surface area contributed by atoms with Crippen molar-refractivity contribution in [1.29, 1.82) is 0 Å². The fourth-order valence-corrected chi connectivity index (χ4v) is 2.42. The zero-order chi connectivity index (χ0) is 11.8. The second kappa shape index (κ2) is 4.15. The summed E-state index contributed by atoms with van der Waals surface area (Å²) in [6.45, 7) is 2.73. The molecule has 1 amide bonds. The van der Waals surface area contributed by atoms with Crippen LogP contribution in [-0.4, -0.2) is 24.4 Å². The lowest BCUT2D eigenvalue weighted by atomic mass is 10.1. The quantitative estimate of drug-likeness (QED) is 0.858. The van der Waals surface area contributed by atoms with Gasteiger partial charge in [0.25, 0.3) is 5.91 Å². The molecule has 0 bridgehead atoms. The number of hydrogen-bond acceptors (Lipinski definition) is 2. The van der Waals surface area contributed by atoms with E-state index in [9.17, 15) is 4.79 Å². The molecule has 0 saturated heterocycles. The van der Waals surface area contributed by atoms with Crippen LogP contribution < -0.4 is 5.32 Å². The predicted octanol–water partition coefficient (Wildman–Crippen LogP) is 1.77. The summed E-state index contributed by atoms with van der Waals surface area (Å²) in [5.41, 5.74) is 3.43. The molecule has 0 radical (unpaired) electrons. The molecule has 0 unspecified atom stereocenters. The maximum absolute atomic E-state index is 12.2. The third-order valence-electron chi connectivity index (χ3n) is 3.66. The Hall–Kier alpha value is -1.35. The summed E-state index contributed by atoms with van der Waals surface area (Å²) in [7, 11) is 1.91. The number of hydrogen-bond donors (Lipinski definition) is 1. The molecule has 1 fully saturated rings. The molecule has 3 nitrogen and oxygen atoms in total. The smallest absolute Gasteiger partial charge is 0.253 e. The Morgan fingerprint density at radius 1 is 1.35 bits per heavy atom. The number of rotatable bonds is 3. The molecule has 90 valence electrons. The first-order valence-corrected chi connectivity index (χ1v) is 6.32. The summed E-state index contributed by atoms with van der Waals surface area (Å²) >= 11 is 0. The van der Waals surface area contributed by atoms with Crippen LogP contribution in [0.5, 0.6) is 0 Å². The lowest BCUT2D eigenvalue weighted by molar-refractivity contribution is 0.0788. The first kappa shape index (κ1) is 10.8. The molecule has 1 aromatic carbocycles. The van der Waals surface area contributed by atoms with Gasteiger partial charge in [-0.2, -0.15) is 0 Å². The minimum absolute atomic E-state index is 0.159. The van der Waals surface area contributed by atoms with Crippen molar-refractivity contribution in [3.05, 3.63) is 34.9 Å². The van der Waals surface area contributed by atoms with Crippen LogP contribution in [0.1, 0.15) is 34.3 Å². The SMILES string of the molecule is CN(CC1CC1)C(=O)c1ccc2c(c1)CNC2. The van der Waals surface area contributed by atoms with E-state index in [-0.39, 0.29) is 5.91 Å². The van der Waals surface area contributed by atoms with Crippen LogP contribution in [0.3, 0.4) is 0 Å². The molecule has 1 saturated carbocycles. The summed E-state index contributed by atoms with van der Waals surface area (Å²) in [6.07, 6.45) is 2.57. The van der Waals surface area contributed by atoms with E-state index in [1.807, 2.05) is 24.1 Å². The third-order valence-corrected chi connectivity index (χ3v) is 3.66. The first-order valence-electron chi connectivity index (χ1n) is 6.32. The van der Waals surface area contributed by atoms with E-state index in [4.69, 9.17) is 0 Å². The molecular formula is C14H18N2O. The van der Waals surface area contributed by atoms with Gasteiger partial charge in [-0.05, 0) is 42.0 Å². The van der Waals surface area contributed by atoms with Crippen molar-refractivity contribution in [3.8, 4) is 0 Å². The Balaban J connectivity index is 1.76. The van der Waals surface area contributed by atoms with Crippen molar-refractivity contribution in [2.75, 3.05) is 13.6 Å². The van der Waals surface area contributed by atoms with Crippen molar-refractivity contribution in [2.45, 2.75) is 25.9 Å². The number of amides is 1. The Labute approximate surface area is 102 Å². The Kier molecular flexibility index (Phi) is 2.63. The fraction of sp³-hybridized carbons (Fsp3) is 0.500. The van der Waals surface area contributed by atoms with Gasteiger partial charge in [-0.25, -0.2) is 0 Å². The Morgan fingerprint density at radius 2 is 2.12 bits per heavy atom. The van der Waals surface area contributed by atoms with E-state index in [2.05, 4.69) is 11.4 Å². The van der Waals surface area contributed by atoms with Crippen LogP contribution in [0, 0.1) is 5.92 Å². The molecule has 1 heterocycles. The maximum Gasteiger partial charge on any atom is 0.253 e. The maximum atomic E-state index is 12.2. The summed E-state index contributed by atoms with van der Waals surface area (Å²) in [5, 5.41) is 3.30. The summed E-state index contributed by atoms with van der Waals surface area (Å²) in [4.78, 5) is 14.1. The van der Waals surface area contributed by atoms with Gasteiger partial charge in [-0.15, -0.1) is 0 Å². The van der Waals surface area contributed by atoms with Crippen molar-refractivity contribution < 1.29 is 4.79 Å². The van der Waals surface area contributed by atoms with Crippen LogP contribution in [0.15, 0.2) is 18.2 Å². The minimum Gasteiger partial charge on any atom is -0.341 e. The third kappa shape index (κ3) is 2.20. The van der Waals surface area contributed by atoms with Crippen LogP contribution in [0.25, 0.3) is 0 Å². The Bertz CT molecular complexity index is 452. The molecule has 3 heteroatoms. The molecule has 0 aromatic heterocycles. The van der Waals surface area contributed by atoms with Crippen molar-refractivity contribution >= 4 is 5.91 Å². The molecule has 1 aliphatic heterocycles. The predicted molar refractivity (Wildman–Crippen MR) is 66.7 cm³/mol. The van der Waals surface area contributed by atoms with Gasteiger partial charge >= 0.3 is 0 Å². The van der Waals surface area contributed by atoms with E-state index in [1.54, 1.807) is 0 Å². The molecule has 1 aromatic rings. The van der Waals surface area contributed by atoms with Gasteiger partial charge in [0.15, 0.2) is 0 Å². The lowest BCUT2D eigenvalue weighted by Gasteiger charge is -2.17. The molecule has 0 spiro atoms. The van der Waals surface area contributed by atoms with Gasteiger partial charge in [0, 0.05) is 32.2 Å². The van der Waals surface area contributed by atoms with Gasteiger partial charge in [0.2, 0.25) is 0 Å². The van der Waals surface area contributed by atoms with Gasteiger partial charge in [0.1, 0.15) is 0 Å². The average molecular weight is 230 g/mol. The molecule has 3 rings (SSSR count). The topological polar surface area (TPSA) is 32.3 Å². The number of benzene rings is 1. The molecule has 1 N–H and O–H groups in total. The molecular weight excluding hydrogens is 212 g/mol. The standard InChI is InChI=1S/C14H18N2O/c1-16(9-10-2-3-10)14(17)11-4-5-12-7-15-8-13(12)6-11/h4-6,10,15H,2-3,7-9H2,1H3.